The molecule has 0 unspecified atom stereocenters. The summed E-state index contributed by atoms with van der Waals surface area (Å²) in [5, 5.41) is 37.6. The smallest absolute Gasteiger partial charge is 0.393 e. The zero-order chi connectivity index (χ0) is 66.7. The number of anilines is 1. The molecule has 6 aromatic heterocycles. The van der Waals surface area contributed by atoms with Crippen LogP contribution in [0, 0.1) is 43.2 Å². The third-order valence-electron chi connectivity index (χ3n) is 14.5. The number of pyridine rings is 6. The molecule has 0 spiro atoms. The molecule has 12 aromatic rings. The predicted molar refractivity (Wildman–Crippen MR) is 385 cm³/mol. The maximum Gasteiger partial charge on any atom is 0.393 e. The van der Waals surface area contributed by atoms with E-state index in [2.05, 4.69) is 167 Å². The molecule has 16 nitrogen and oxygen atoms in total. The number of oxime groups is 1. The van der Waals surface area contributed by atoms with E-state index in [0.29, 0.717) is 27.7 Å². The molecule has 0 saturated carbocycles. The van der Waals surface area contributed by atoms with Crippen LogP contribution in [-0.2, 0) is 0 Å². The first-order chi connectivity index (χ1) is 43.8. The Kier molecular flexibility index (Phi) is 24.2. The Balaban J connectivity index is 0.000000145. The van der Waals surface area contributed by atoms with Crippen LogP contribution in [0.25, 0.3) is 65.4 Å². The van der Waals surface area contributed by atoms with Crippen molar-refractivity contribution in [3.05, 3.63) is 260 Å². The van der Waals surface area contributed by atoms with Crippen LogP contribution in [0.1, 0.15) is 43.5 Å². The van der Waals surface area contributed by atoms with Gasteiger partial charge in [-0.25, -0.2) is 0 Å². The number of aromatic nitrogens is 6. The second-order valence-corrected chi connectivity index (χ2v) is 28.1. The first kappa shape index (κ1) is 70.5. The van der Waals surface area contributed by atoms with Gasteiger partial charge in [-0.3, -0.25) is 24.2 Å². The Hall–Kier alpha value is -7.35. The Morgan fingerprint density at radius 1 is 0.630 bits per heavy atom. The number of rotatable bonds is 3. The van der Waals surface area contributed by atoms with Crippen molar-refractivity contribution in [2.45, 2.75) is 43.1 Å². The number of hydrogen-bond acceptors (Lipinski definition) is 11. The van der Waals surface area contributed by atoms with Crippen LogP contribution < -0.4 is 37.6 Å². The summed E-state index contributed by atoms with van der Waals surface area (Å²) in [7, 11) is 0. The third kappa shape index (κ3) is 17.3. The molecular formula is C66H52Br7F3N10O6. The number of aromatic amines is 4. The van der Waals surface area contributed by atoms with Crippen LogP contribution in [0.15, 0.2) is 205 Å². The first-order valence-electron chi connectivity index (χ1n) is 27.5. The molecule has 1 aliphatic heterocycles. The largest absolute Gasteiger partial charge is 0.618 e. The van der Waals surface area contributed by atoms with E-state index in [0.717, 1.165) is 87.4 Å². The Morgan fingerprint density at radius 2 is 1.13 bits per heavy atom. The topological polar surface area (TPSA) is 257 Å². The van der Waals surface area contributed by atoms with E-state index in [1.165, 1.54) is 59.8 Å². The van der Waals surface area contributed by atoms with Gasteiger partial charge in [0.2, 0.25) is 27.8 Å². The number of nitrogens with zero attached hydrogens (tertiary/aromatic N) is 5. The van der Waals surface area contributed by atoms with Crippen molar-refractivity contribution in [2.24, 2.45) is 16.8 Å². The van der Waals surface area contributed by atoms with E-state index in [-0.39, 0.29) is 51.0 Å². The lowest BCUT2D eigenvalue weighted by Gasteiger charge is -2.39. The Morgan fingerprint density at radius 3 is 1.71 bits per heavy atom. The maximum atomic E-state index is 13.1. The lowest BCUT2D eigenvalue weighted by Crippen LogP contribution is -2.51. The minimum Gasteiger partial charge on any atom is -0.618 e. The van der Waals surface area contributed by atoms with Gasteiger partial charge in [-0.1, -0.05) is 137 Å². The van der Waals surface area contributed by atoms with Gasteiger partial charge < -0.3 is 41.0 Å². The van der Waals surface area contributed by atoms with Gasteiger partial charge >= 0.3 is 6.18 Å². The van der Waals surface area contributed by atoms with Crippen molar-refractivity contribution in [2.75, 3.05) is 18.0 Å². The molecule has 0 aliphatic carbocycles. The molecular weight excluding hydrogens is 1650 g/mol. The summed E-state index contributed by atoms with van der Waals surface area (Å²) in [6, 6.07) is 44.3. The van der Waals surface area contributed by atoms with E-state index in [1.54, 1.807) is 29.2 Å². The van der Waals surface area contributed by atoms with Gasteiger partial charge in [-0.15, -0.1) is 0 Å². The van der Waals surface area contributed by atoms with Crippen molar-refractivity contribution >= 4 is 189 Å². The van der Waals surface area contributed by atoms with Gasteiger partial charge in [-0.2, -0.15) is 23.2 Å². The summed E-state index contributed by atoms with van der Waals surface area (Å²) in [5.74, 6) is -1.50. The molecule has 472 valence electrons. The van der Waals surface area contributed by atoms with Crippen LogP contribution in [0.2, 0.25) is 0 Å². The first-order valence-corrected chi connectivity index (χ1v) is 33.3. The highest BCUT2D eigenvalue weighted by molar-refractivity contribution is 9.24. The summed E-state index contributed by atoms with van der Waals surface area (Å²) in [5.41, 5.74) is 15.4. The number of alkyl halides is 5. The normalized spacial score (nSPS) is 13.7. The molecule has 6 aromatic carbocycles. The van der Waals surface area contributed by atoms with Gasteiger partial charge in [0.05, 0.1) is 54.4 Å². The van der Waals surface area contributed by atoms with Gasteiger partial charge in [0.1, 0.15) is 6.07 Å². The average Bonchev–Trinajstić information content (AvgIpc) is 1.07. The van der Waals surface area contributed by atoms with Gasteiger partial charge in [-0.05, 0) is 133 Å². The number of halogens is 10. The van der Waals surface area contributed by atoms with Crippen LogP contribution in [0.5, 0.6) is 0 Å². The number of aryl methyl sites for hydroxylation is 3. The van der Waals surface area contributed by atoms with Crippen molar-refractivity contribution in [3.63, 3.8) is 0 Å². The summed E-state index contributed by atoms with van der Waals surface area (Å²) in [4.78, 5) is 61.9. The summed E-state index contributed by atoms with van der Waals surface area (Å²) in [6.45, 7) is 6.07. The van der Waals surface area contributed by atoms with Crippen LogP contribution in [-0.4, -0.2) is 61.6 Å². The number of H-pyrrole nitrogens is 4. The minimum absolute atomic E-state index is 0.0265. The van der Waals surface area contributed by atoms with E-state index in [4.69, 9.17) is 16.2 Å². The van der Waals surface area contributed by atoms with Crippen molar-refractivity contribution in [1.29, 1.82) is 5.26 Å². The lowest BCUT2D eigenvalue weighted by molar-refractivity contribution is -0.577. The quantitative estimate of drug-likeness (QED) is 0.0243. The Labute approximate surface area is 581 Å². The highest BCUT2D eigenvalue weighted by atomic mass is 79.9. The van der Waals surface area contributed by atoms with Crippen molar-refractivity contribution < 1.29 is 23.1 Å². The van der Waals surface area contributed by atoms with Gasteiger partial charge in [0, 0.05) is 127 Å². The molecule has 0 bridgehead atoms. The number of piperidine rings is 1. The highest BCUT2D eigenvalue weighted by Gasteiger charge is 2.44. The molecule has 0 amide bonds. The predicted octanol–water partition coefficient (Wildman–Crippen LogP) is 16.7. The number of nitrogens with one attached hydrogen (secondary N) is 4. The zero-order valence-electron chi connectivity index (χ0n) is 48.5. The molecule has 92 heavy (non-hydrogen) atoms. The Bertz CT molecular complexity index is 4990. The molecule has 7 N–H and O–H groups in total. The third-order valence-corrected chi connectivity index (χ3v) is 18.9. The summed E-state index contributed by atoms with van der Waals surface area (Å²) >= 11 is 24.0. The molecule has 26 heteroatoms. The van der Waals surface area contributed by atoms with Crippen LogP contribution in [0.3, 0.4) is 0 Å². The van der Waals surface area contributed by atoms with Gasteiger partial charge in [0.15, 0.2) is 6.20 Å². The number of fused-ring (bicyclic) bond motifs is 6. The van der Waals surface area contributed by atoms with E-state index < -0.39 is 18.1 Å². The lowest BCUT2D eigenvalue weighted by atomic mass is 9.93. The average molecular weight is 1700 g/mol. The number of benzene rings is 6. The molecule has 0 radical (unpaired) electrons. The second-order valence-electron chi connectivity index (χ2n) is 20.7. The second kappa shape index (κ2) is 31.5. The number of nitrogens with two attached hydrogens (primary N) is 1. The van der Waals surface area contributed by atoms with E-state index >= 15 is 0 Å². The van der Waals surface area contributed by atoms with Gasteiger partial charge in [0.25, 0.3) is 0 Å². The standard InChI is InChI=1S/C16H15F3N4O.C10H6Br3NO.C10H7BrN2O2.2C10H8BrNO.C10H8BrN/c17-16(18,19)10-5-11(21)8-23(7-10)13-3-1-9(6-20)15-12(13)2-4-14(24)22-15;11-7-3-1-6(10(12)13)9-5(7)2-4-8(15)14-9;11-8-3-1-6(5-12-15)10-7(8)2-4-9(14)13-10;1-6-2-4-8(11)7-3-5-9(13)12-10(6)7;1-7-4-5-9(11)8-3-2-6-12(13)10(7)8;1-7-4-5-9(11)8-3-2-6-12-10(7)8/h1-4,10-11H,5,7-8,21H2,(H,22,24);1-4,10H,(H,14,15);1-5,15H,(H,13,14);2-5H,1H3,(H,12,13);2-6H,1H3;2-6H,1H3/b;;12-5+;;;/t10-,11+;;;;;/m0...../s1. The minimum atomic E-state index is -4.31. The monoisotopic (exact) mass is 1690 g/mol. The number of nitriles is 1. The van der Waals surface area contributed by atoms with Crippen LogP contribution >= 0.6 is 112 Å². The highest BCUT2D eigenvalue weighted by Crippen LogP contribution is 2.38. The molecule has 1 saturated heterocycles. The molecule has 13 rings (SSSR count). The fourth-order valence-electron chi connectivity index (χ4n) is 10.1. The van der Waals surface area contributed by atoms with E-state index in [9.17, 15) is 37.6 Å². The molecule has 1 fully saturated rings. The molecule has 2 atom stereocenters. The summed E-state index contributed by atoms with van der Waals surface area (Å²) in [6.07, 6.45) is 0.201. The maximum absolute atomic E-state index is 13.1. The number of hydrogen-bond donors (Lipinski definition) is 6. The fourth-order valence-corrected chi connectivity index (χ4v) is 13.1. The van der Waals surface area contributed by atoms with E-state index in [1.807, 2.05) is 92.8 Å². The summed E-state index contributed by atoms with van der Waals surface area (Å²) < 4.78 is 45.2. The van der Waals surface area contributed by atoms with Crippen molar-refractivity contribution in [3.8, 4) is 6.07 Å². The van der Waals surface area contributed by atoms with Crippen molar-refractivity contribution in [1.82, 2.24) is 24.9 Å². The SMILES string of the molecule is Cc1ccc(Br)c2ccc(=O)[nH]c12.Cc1ccc(Br)c2ccc[n+]([O-])c12.Cc1ccc(Br)c2cccnc12.N#Cc1ccc(N2C[C@H](N)C[C@H](C(F)(F)F)C2)c2ccc(=O)[nH]c12.O=c1ccc2c(Br)ccc(/C=N/O)c2[nH]1.O=c1ccc2c(Br)ccc(C(Br)Br)c2[nH]1. The zero-order valence-corrected chi connectivity index (χ0v) is 59.6. The molecule has 1 aliphatic rings. The fraction of sp³-hybridized carbons (Fsp3) is 0.152. The van der Waals surface area contributed by atoms with Crippen LogP contribution in [0.4, 0.5) is 18.9 Å². The molecule has 7 heterocycles.